The van der Waals surface area contributed by atoms with Gasteiger partial charge in [-0.1, -0.05) is 31.4 Å². The van der Waals surface area contributed by atoms with Crippen LogP contribution in [0.4, 0.5) is 5.69 Å². The zero-order valence-corrected chi connectivity index (χ0v) is 12.0. The Balaban J connectivity index is 2.05. The van der Waals surface area contributed by atoms with Crippen molar-refractivity contribution >= 4 is 23.3 Å². The predicted octanol–water partition coefficient (Wildman–Crippen LogP) is 4.05. The summed E-state index contributed by atoms with van der Waals surface area (Å²) in [5, 5.41) is 9.47. The maximum atomic E-state index is 10.9. The van der Waals surface area contributed by atoms with E-state index in [2.05, 4.69) is 11.8 Å². The molecular weight excluding hydrogens is 262 g/mol. The zero-order chi connectivity index (χ0) is 13.8. The Bertz CT molecular complexity index is 453. The molecule has 0 unspecified atom stereocenters. The highest BCUT2D eigenvalue weighted by Gasteiger charge is 2.20. The summed E-state index contributed by atoms with van der Waals surface area (Å²) in [7, 11) is 0. The molecule has 0 bridgehead atoms. The van der Waals surface area contributed by atoms with E-state index >= 15 is 0 Å². The molecule has 1 aliphatic heterocycles. The summed E-state index contributed by atoms with van der Waals surface area (Å²) in [6.07, 6.45) is 4.95. The molecule has 2 rings (SSSR count). The predicted molar refractivity (Wildman–Crippen MR) is 78.3 cm³/mol. The molecule has 0 aliphatic carbocycles. The van der Waals surface area contributed by atoms with E-state index in [0.717, 1.165) is 24.7 Å². The average molecular weight is 282 g/mol. The van der Waals surface area contributed by atoms with Crippen LogP contribution in [0.5, 0.6) is 0 Å². The third kappa shape index (κ3) is 3.41. The number of hydrogen-bond acceptors (Lipinski definition) is 2. The molecule has 0 radical (unpaired) electrons. The van der Waals surface area contributed by atoms with Crippen LogP contribution < -0.4 is 4.90 Å². The second-order valence-electron chi connectivity index (χ2n) is 5.19. The van der Waals surface area contributed by atoms with Crippen LogP contribution in [0.2, 0.25) is 5.02 Å². The summed E-state index contributed by atoms with van der Waals surface area (Å²) in [5.74, 6) is -0.103. The van der Waals surface area contributed by atoms with Crippen molar-refractivity contribution in [2.45, 2.75) is 32.6 Å². The van der Waals surface area contributed by atoms with Gasteiger partial charge in [-0.25, -0.2) is 4.79 Å². The number of aromatic carboxylic acids is 1. The summed E-state index contributed by atoms with van der Waals surface area (Å²) in [6.45, 7) is 4.25. The number of carboxylic acids is 1. The number of piperidine rings is 1. The lowest BCUT2D eigenvalue weighted by molar-refractivity contribution is 0.0697. The van der Waals surface area contributed by atoms with Gasteiger partial charge in [0.05, 0.1) is 16.3 Å². The highest BCUT2D eigenvalue weighted by atomic mass is 35.5. The average Bonchev–Trinajstić information content (AvgIpc) is 2.40. The van der Waals surface area contributed by atoms with E-state index in [1.807, 2.05) is 6.07 Å². The lowest BCUT2D eigenvalue weighted by atomic mass is 9.92. The zero-order valence-electron chi connectivity index (χ0n) is 11.2. The molecule has 1 fully saturated rings. The van der Waals surface area contributed by atoms with Crippen molar-refractivity contribution < 1.29 is 9.90 Å². The maximum absolute atomic E-state index is 10.9. The van der Waals surface area contributed by atoms with Crippen molar-refractivity contribution in [3.63, 3.8) is 0 Å². The third-order valence-corrected chi connectivity index (χ3v) is 4.15. The summed E-state index contributed by atoms with van der Waals surface area (Å²) in [6, 6.07) is 4.99. The van der Waals surface area contributed by atoms with E-state index in [-0.39, 0.29) is 5.56 Å². The Morgan fingerprint density at radius 1 is 1.42 bits per heavy atom. The van der Waals surface area contributed by atoms with Gasteiger partial charge in [0.25, 0.3) is 0 Å². The fourth-order valence-corrected chi connectivity index (χ4v) is 3.07. The van der Waals surface area contributed by atoms with E-state index in [1.165, 1.54) is 31.7 Å². The van der Waals surface area contributed by atoms with Crippen molar-refractivity contribution in [1.82, 2.24) is 0 Å². The van der Waals surface area contributed by atoms with E-state index in [0.29, 0.717) is 5.02 Å². The van der Waals surface area contributed by atoms with Crippen molar-refractivity contribution in [3.05, 3.63) is 28.8 Å². The molecule has 1 N–H and O–H groups in total. The minimum atomic E-state index is -0.935. The first-order chi connectivity index (χ1) is 9.11. The molecule has 1 aromatic carbocycles. The summed E-state index contributed by atoms with van der Waals surface area (Å²) in [4.78, 5) is 13.1. The number of carbonyl (C=O) groups is 1. The number of halogens is 1. The molecule has 19 heavy (non-hydrogen) atoms. The van der Waals surface area contributed by atoms with Crippen LogP contribution in [0.15, 0.2) is 18.2 Å². The van der Waals surface area contributed by atoms with Gasteiger partial charge in [-0.3, -0.25) is 0 Å². The number of rotatable bonds is 4. The number of anilines is 1. The highest BCUT2D eigenvalue weighted by Crippen LogP contribution is 2.31. The normalized spacial score (nSPS) is 16.6. The lowest BCUT2D eigenvalue weighted by Crippen LogP contribution is -2.33. The molecule has 0 atom stereocenters. The molecule has 1 aliphatic rings. The van der Waals surface area contributed by atoms with Gasteiger partial charge in [-0.15, -0.1) is 0 Å². The first-order valence-corrected chi connectivity index (χ1v) is 7.27. The van der Waals surface area contributed by atoms with Crippen LogP contribution in [0, 0.1) is 5.92 Å². The minimum absolute atomic E-state index is 0.245. The molecule has 1 aromatic rings. The van der Waals surface area contributed by atoms with Crippen LogP contribution in [0.1, 0.15) is 43.0 Å². The monoisotopic (exact) mass is 281 g/mol. The number of carboxylic acid groups (broad SMARTS) is 1. The highest BCUT2D eigenvalue weighted by molar-refractivity contribution is 6.33. The van der Waals surface area contributed by atoms with Crippen molar-refractivity contribution in [2.24, 2.45) is 5.92 Å². The second kappa shape index (κ2) is 6.29. The van der Waals surface area contributed by atoms with Gasteiger partial charge in [-0.05, 0) is 37.0 Å². The molecule has 0 amide bonds. The molecule has 0 spiro atoms. The van der Waals surface area contributed by atoms with Gasteiger partial charge in [-0.2, -0.15) is 0 Å². The van der Waals surface area contributed by atoms with Crippen molar-refractivity contribution in [3.8, 4) is 0 Å². The fraction of sp³-hybridized carbons (Fsp3) is 0.533. The molecule has 104 valence electrons. The summed E-state index contributed by atoms with van der Waals surface area (Å²) in [5.41, 5.74) is 1.20. The fourth-order valence-electron chi connectivity index (χ4n) is 2.77. The second-order valence-corrected chi connectivity index (χ2v) is 5.60. The molecule has 0 aromatic heterocycles. The Hall–Kier alpha value is -1.22. The molecule has 1 heterocycles. The molecule has 1 saturated heterocycles. The van der Waals surface area contributed by atoms with Crippen LogP contribution in [-0.2, 0) is 0 Å². The SMILES string of the molecule is CCCC1CCN(c2ccc(C(=O)O)cc2Cl)CC1. The number of nitrogens with zero attached hydrogens (tertiary/aromatic N) is 1. The smallest absolute Gasteiger partial charge is 0.335 e. The quantitative estimate of drug-likeness (QED) is 0.905. The summed E-state index contributed by atoms with van der Waals surface area (Å²) >= 11 is 6.20. The third-order valence-electron chi connectivity index (χ3n) is 3.85. The topological polar surface area (TPSA) is 40.5 Å². The Kier molecular flexibility index (Phi) is 4.70. The molecular formula is C15H20ClNO2. The van der Waals surface area contributed by atoms with Gasteiger partial charge in [0.15, 0.2) is 0 Å². The van der Waals surface area contributed by atoms with Gasteiger partial charge < -0.3 is 10.0 Å². The molecule has 3 nitrogen and oxygen atoms in total. The van der Waals surface area contributed by atoms with Gasteiger partial charge in [0, 0.05) is 13.1 Å². The lowest BCUT2D eigenvalue weighted by Gasteiger charge is -2.34. The standard InChI is InChI=1S/C15H20ClNO2/c1-2-3-11-6-8-17(9-7-11)14-5-4-12(15(18)19)10-13(14)16/h4-5,10-11H,2-3,6-9H2,1H3,(H,18,19). The van der Waals surface area contributed by atoms with Crippen LogP contribution >= 0.6 is 11.6 Å². The largest absolute Gasteiger partial charge is 0.478 e. The maximum Gasteiger partial charge on any atom is 0.335 e. The Labute approximate surface area is 119 Å². The number of benzene rings is 1. The first kappa shape index (κ1) is 14.2. The van der Waals surface area contributed by atoms with Crippen molar-refractivity contribution in [1.29, 1.82) is 0 Å². The first-order valence-electron chi connectivity index (χ1n) is 6.89. The van der Waals surface area contributed by atoms with E-state index < -0.39 is 5.97 Å². The van der Waals surface area contributed by atoms with Crippen LogP contribution in [0.3, 0.4) is 0 Å². The van der Waals surface area contributed by atoms with Crippen LogP contribution in [-0.4, -0.2) is 24.2 Å². The van der Waals surface area contributed by atoms with E-state index in [9.17, 15) is 4.79 Å². The summed E-state index contributed by atoms with van der Waals surface area (Å²) < 4.78 is 0. The molecule has 4 heteroatoms. The van der Waals surface area contributed by atoms with Gasteiger partial charge in [0.1, 0.15) is 0 Å². The van der Waals surface area contributed by atoms with Crippen LogP contribution in [0.25, 0.3) is 0 Å². The molecule has 0 saturated carbocycles. The number of hydrogen-bond donors (Lipinski definition) is 1. The minimum Gasteiger partial charge on any atom is -0.478 e. The Morgan fingerprint density at radius 3 is 2.63 bits per heavy atom. The van der Waals surface area contributed by atoms with E-state index in [1.54, 1.807) is 6.07 Å². The van der Waals surface area contributed by atoms with E-state index in [4.69, 9.17) is 16.7 Å². The van der Waals surface area contributed by atoms with Gasteiger partial charge in [0.2, 0.25) is 0 Å². The Morgan fingerprint density at radius 2 is 2.11 bits per heavy atom. The van der Waals surface area contributed by atoms with Gasteiger partial charge >= 0.3 is 5.97 Å². The van der Waals surface area contributed by atoms with Crippen molar-refractivity contribution in [2.75, 3.05) is 18.0 Å².